The molecule has 0 saturated carbocycles. The second-order valence-corrected chi connectivity index (χ2v) is 7.79. The summed E-state index contributed by atoms with van der Waals surface area (Å²) in [6, 6.07) is 16.3. The normalized spacial score (nSPS) is 13.0. The average Bonchev–Trinajstić information content (AvgIpc) is 3.40. The highest BCUT2D eigenvalue weighted by atomic mass is 16.7. The summed E-state index contributed by atoms with van der Waals surface area (Å²) < 4.78 is 6.98. The van der Waals surface area contributed by atoms with Gasteiger partial charge in [0.2, 0.25) is 0 Å². The number of carbonyl (C=O) groups is 3. The molecule has 3 aromatic rings. The zero-order chi connectivity index (χ0) is 24.2. The third kappa shape index (κ3) is 4.62. The first-order valence-corrected chi connectivity index (χ1v) is 10.6. The SMILES string of the molecule is CN(OCC(=O)O)C(=O)C(NC(=O)OCC1c2ccccc2-c2ccccc21)c1ccnn1C. The summed E-state index contributed by atoms with van der Waals surface area (Å²) in [6.45, 7) is -0.622. The summed E-state index contributed by atoms with van der Waals surface area (Å²) in [7, 11) is 2.89. The molecule has 2 aromatic carbocycles. The Hall–Kier alpha value is -4.18. The lowest BCUT2D eigenvalue weighted by atomic mass is 9.98. The molecule has 0 spiro atoms. The first-order chi connectivity index (χ1) is 16.4. The monoisotopic (exact) mass is 464 g/mol. The van der Waals surface area contributed by atoms with Crippen molar-refractivity contribution in [1.29, 1.82) is 0 Å². The molecule has 4 rings (SSSR count). The molecule has 10 heteroatoms. The Morgan fingerprint density at radius 3 is 2.26 bits per heavy atom. The number of aliphatic carboxylic acids is 1. The summed E-state index contributed by atoms with van der Waals surface area (Å²) in [4.78, 5) is 41.4. The number of nitrogens with one attached hydrogen (secondary N) is 1. The number of amides is 2. The quantitative estimate of drug-likeness (QED) is 0.491. The van der Waals surface area contributed by atoms with Crippen LogP contribution in [-0.2, 0) is 26.2 Å². The number of fused-ring (bicyclic) bond motifs is 3. The van der Waals surface area contributed by atoms with Crippen LogP contribution in [-0.4, -0.2) is 58.2 Å². The van der Waals surface area contributed by atoms with Gasteiger partial charge in [-0.15, -0.1) is 0 Å². The number of hydrogen-bond donors (Lipinski definition) is 2. The van der Waals surface area contributed by atoms with E-state index in [4.69, 9.17) is 14.7 Å². The minimum absolute atomic E-state index is 0.0809. The summed E-state index contributed by atoms with van der Waals surface area (Å²) >= 11 is 0. The van der Waals surface area contributed by atoms with E-state index in [0.29, 0.717) is 5.69 Å². The minimum Gasteiger partial charge on any atom is -0.479 e. The van der Waals surface area contributed by atoms with Crippen LogP contribution in [0.2, 0.25) is 0 Å². The van der Waals surface area contributed by atoms with Gasteiger partial charge in [0.05, 0.1) is 5.69 Å². The van der Waals surface area contributed by atoms with Crippen LogP contribution in [0.1, 0.15) is 28.8 Å². The lowest BCUT2D eigenvalue weighted by Gasteiger charge is -2.24. The fourth-order valence-corrected chi connectivity index (χ4v) is 4.08. The van der Waals surface area contributed by atoms with E-state index in [9.17, 15) is 14.4 Å². The largest absolute Gasteiger partial charge is 0.479 e. The van der Waals surface area contributed by atoms with Crippen molar-refractivity contribution in [3.05, 3.63) is 77.6 Å². The van der Waals surface area contributed by atoms with Crippen molar-refractivity contribution in [2.45, 2.75) is 12.0 Å². The molecule has 1 atom stereocenters. The van der Waals surface area contributed by atoms with Gasteiger partial charge in [-0.3, -0.25) is 14.3 Å². The Balaban J connectivity index is 1.48. The third-order valence-electron chi connectivity index (χ3n) is 5.70. The number of ether oxygens (including phenoxy) is 1. The van der Waals surface area contributed by atoms with Crippen LogP contribution in [0.25, 0.3) is 11.1 Å². The third-order valence-corrected chi connectivity index (χ3v) is 5.70. The molecule has 1 unspecified atom stereocenters. The molecule has 1 aromatic heterocycles. The van der Waals surface area contributed by atoms with Gasteiger partial charge in [-0.05, 0) is 28.3 Å². The van der Waals surface area contributed by atoms with Gasteiger partial charge in [0.25, 0.3) is 5.91 Å². The highest BCUT2D eigenvalue weighted by molar-refractivity contribution is 5.86. The second-order valence-electron chi connectivity index (χ2n) is 7.79. The van der Waals surface area contributed by atoms with E-state index in [1.54, 1.807) is 13.1 Å². The summed E-state index contributed by atoms with van der Waals surface area (Å²) in [5, 5.41) is 16.2. The summed E-state index contributed by atoms with van der Waals surface area (Å²) in [5.41, 5.74) is 4.72. The summed E-state index contributed by atoms with van der Waals surface area (Å²) in [5.74, 6) is -2.05. The molecule has 0 radical (unpaired) electrons. The van der Waals surface area contributed by atoms with Crippen LogP contribution in [0.5, 0.6) is 0 Å². The molecule has 1 heterocycles. The molecule has 1 aliphatic rings. The average molecular weight is 464 g/mol. The summed E-state index contributed by atoms with van der Waals surface area (Å²) in [6.07, 6.45) is 0.681. The number of carboxylic acid groups (broad SMARTS) is 1. The van der Waals surface area contributed by atoms with Crippen molar-refractivity contribution in [2.75, 3.05) is 20.3 Å². The maximum Gasteiger partial charge on any atom is 0.408 e. The minimum atomic E-state index is -1.23. The van der Waals surface area contributed by atoms with Gasteiger partial charge < -0.3 is 15.2 Å². The molecular formula is C24H24N4O6. The molecule has 1 aliphatic carbocycles. The second kappa shape index (κ2) is 9.75. The number of alkyl carbamates (subject to hydrolysis) is 1. The van der Waals surface area contributed by atoms with Gasteiger partial charge in [0, 0.05) is 26.2 Å². The van der Waals surface area contributed by atoms with Crippen molar-refractivity contribution < 1.29 is 29.1 Å². The van der Waals surface area contributed by atoms with Crippen LogP contribution < -0.4 is 5.32 Å². The molecule has 0 saturated heterocycles. The topological polar surface area (TPSA) is 123 Å². The van der Waals surface area contributed by atoms with Crippen LogP contribution in [0.4, 0.5) is 4.79 Å². The standard InChI is InChI=1S/C24H24N4O6/c1-27-20(11-12-25-27)22(23(31)28(2)34-14-21(29)30)26-24(32)33-13-19-17-9-5-3-7-15(17)16-8-4-6-10-18(16)19/h3-12,19,22H,13-14H2,1-2H3,(H,26,32)(H,29,30). The Labute approximate surface area is 195 Å². The maximum atomic E-state index is 12.9. The van der Waals surface area contributed by atoms with E-state index in [1.165, 1.54) is 17.9 Å². The number of aryl methyl sites for hydroxylation is 1. The van der Waals surface area contributed by atoms with Gasteiger partial charge >= 0.3 is 12.1 Å². The van der Waals surface area contributed by atoms with Crippen LogP contribution in [0.3, 0.4) is 0 Å². The van der Waals surface area contributed by atoms with Gasteiger partial charge in [-0.1, -0.05) is 48.5 Å². The maximum absolute atomic E-state index is 12.9. The van der Waals surface area contributed by atoms with E-state index in [-0.39, 0.29) is 12.5 Å². The van der Waals surface area contributed by atoms with Gasteiger partial charge in [0.15, 0.2) is 12.6 Å². The van der Waals surface area contributed by atoms with Crippen LogP contribution in [0.15, 0.2) is 60.8 Å². The lowest BCUT2D eigenvalue weighted by molar-refractivity contribution is -0.187. The molecule has 2 amide bonds. The fourth-order valence-electron chi connectivity index (χ4n) is 4.08. The molecule has 0 aliphatic heterocycles. The number of carboxylic acids is 1. The molecule has 0 bridgehead atoms. The number of carbonyl (C=O) groups excluding carboxylic acids is 2. The molecule has 0 fully saturated rings. The molecule has 176 valence electrons. The Bertz CT molecular complexity index is 1180. The number of likely N-dealkylation sites (N-methyl/N-ethyl adjacent to an activating group) is 1. The molecule has 10 nitrogen and oxygen atoms in total. The zero-order valence-electron chi connectivity index (χ0n) is 18.7. The van der Waals surface area contributed by atoms with Gasteiger partial charge in [-0.25, -0.2) is 14.7 Å². The van der Waals surface area contributed by atoms with E-state index < -0.39 is 30.6 Å². The lowest BCUT2D eigenvalue weighted by Crippen LogP contribution is -2.43. The fraction of sp³-hybridized carbons (Fsp3) is 0.250. The van der Waals surface area contributed by atoms with Crippen molar-refractivity contribution in [3.63, 3.8) is 0 Å². The number of rotatable bonds is 8. The van der Waals surface area contributed by atoms with Crippen molar-refractivity contribution >= 4 is 18.0 Å². The van der Waals surface area contributed by atoms with Crippen molar-refractivity contribution in [1.82, 2.24) is 20.2 Å². The highest BCUT2D eigenvalue weighted by Crippen LogP contribution is 2.44. The van der Waals surface area contributed by atoms with E-state index in [1.807, 2.05) is 48.5 Å². The van der Waals surface area contributed by atoms with Gasteiger partial charge in [0.1, 0.15) is 6.61 Å². The van der Waals surface area contributed by atoms with E-state index in [2.05, 4.69) is 10.4 Å². The van der Waals surface area contributed by atoms with Crippen LogP contribution in [0, 0.1) is 0 Å². The van der Waals surface area contributed by atoms with Gasteiger partial charge in [-0.2, -0.15) is 5.10 Å². The Morgan fingerprint density at radius 1 is 1.09 bits per heavy atom. The smallest absolute Gasteiger partial charge is 0.408 e. The number of nitrogens with zero attached hydrogens (tertiary/aromatic N) is 3. The van der Waals surface area contributed by atoms with Crippen molar-refractivity contribution in [3.8, 4) is 11.1 Å². The Morgan fingerprint density at radius 2 is 1.71 bits per heavy atom. The van der Waals surface area contributed by atoms with E-state index in [0.717, 1.165) is 27.3 Å². The van der Waals surface area contributed by atoms with Crippen molar-refractivity contribution in [2.24, 2.45) is 7.05 Å². The number of hydrogen-bond acceptors (Lipinski definition) is 6. The van der Waals surface area contributed by atoms with E-state index >= 15 is 0 Å². The number of benzene rings is 2. The zero-order valence-corrected chi connectivity index (χ0v) is 18.7. The molecule has 34 heavy (non-hydrogen) atoms. The predicted molar refractivity (Wildman–Crippen MR) is 121 cm³/mol. The number of aromatic nitrogens is 2. The molecular weight excluding hydrogens is 440 g/mol. The predicted octanol–water partition coefficient (Wildman–Crippen LogP) is 2.47. The van der Waals surface area contributed by atoms with Crippen LogP contribution >= 0.6 is 0 Å². The first kappa shape index (κ1) is 23.0. The highest BCUT2D eigenvalue weighted by Gasteiger charge is 2.32. The molecule has 2 N–H and O–H groups in total. The Kier molecular flexibility index (Phi) is 6.60. The number of hydroxylamine groups is 2. The first-order valence-electron chi connectivity index (χ1n) is 10.6.